The van der Waals surface area contributed by atoms with E-state index < -0.39 is 0 Å². The van der Waals surface area contributed by atoms with Crippen molar-refractivity contribution < 1.29 is 0 Å². The van der Waals surface area contributed by atoms with Crippen molar-refractivity contribution in [3.8, 4) is 0 Å². The molecule has 0 amide bonds. The van der Waals surface area contributed by atoms with Gasteiger partial charge in [-0.15, -0.1) is 5.73 Å². The van der Waals surface area contributed by atoms with Crippen molar-refractivity contribution in [3.05, 3.63) is 18.4 Å². The first-order valence-electron chi connectivity index (χ1n) is 4.92. The summed E-state index contributed by atoms with van der Waals surface area (Å²) in [5.74, 6) is 0. The Bertz CT molecular complexity index is 134. The Labute approximate surface area is 76.3 Å². The molecular formula is C11H21N. The molecule has 0 aromatic rings. The third kappa shape index (κ3) is 7.59. The van der Waals surface area contributed by atoms with Gasteiger partial charge in [-0.1, -0.05) is 45.6 Å². The van der Waals surface area contributed by atoms with Crippen molar-refractivity contribution in [3.63, 3.8) is 0 Å². The SMILES string of the molecule is C=C=CC(N)CCCCCCC. The van der Waals surface area contributed by atoms with Gasteiger partial charge < -0.3 is 5.73 Å². The van der Waals surface area contributed by atoms with Gasteiger partial charge in [0, 0.05) is 6.04 Å². The van der Waals surface area contributed by atoms with Crippen LogP contribution in [0.15, 0.2) is 18.4 Å². The van der Waals surface area contributed by atoms with Gasteiger partial charge in [0.15, 0.2) is 0 Å². The van der Waals surface area contributed by atoms with Gasteiger partial charge in [0.25, 0.3) is 0 Å². The zero-order valence-corrected chi connectivity index (χ0v) is 8.18. The lowest BCUT2D eigenvalue weighted by Crippen LogP contribution is -2.15. The van der Waals surface area contributed by atoms with Crippen LogP contribution >= 0.6 is 0 Å². The van der Waals surface area contributed by atoms with E-state index in [0.29, 0.717) is 0 Å². The molecule has 1 heteroatoms. The van der Waals surface area contributed by atoms with Crippen molar-refractivity contribution in [1.29, 1.82) is 0 Å². The standard InChI is InChI=1S/C11H21N/c1-3-5-6-7-8-10-11(12)9-4-2/h9,11H,2-3,5-8,10,12H2,1H3. The Kier molecular flexibility index (Phi) is 8.20. The van der Waals surface area contributed by atoms with Crippen molar-refractivity contribution in [2.24, 2.45) is 5.73 Å². The molecule has 12 heavy (non-hydrogen) atoms. The minimum absolute atomic E-state index is 0.170. The molecule has 0 aliphatic rings. The summed E-state index contributed by atoms with van der Waals surface area (Å²) in [6.45, 7) is 5.73. The van der Waals surface area contributed by atoms with E-state index in [1.807, 2.05) is 6.08 Å². The first-order chi connectivity index (χ1) is 5.81. The van der Waals surface area contributed by atoms with Crippen molar-refractivity contribution in [2.45, 2.75) is 51.5 Å². The van der Waals surface area contributed by atoms with E-state index in [9.17, 15) is 0 Å². The van der Waals surface area contributed by atoms with Gasteiger partial charge in [-0.2, -0.15) is 0 Å². The van der Waals surface area contributed by atoms with Crippen LogP contribution in [0.5, 0.6) is 0 Å². The predicted octanol–water partition coefficient (Wildman–Crippen LogP) is 3.02. The summed E-state index contributed by atoms with van der Waals surface area (Å²) in [6, 6.07) is 0.170. The Balaban J connectivity index is 3.13. The molecule has 1 nitrogen and oxygen atoms in total. The largest absolute Gasteiger partial charge is 0.324 e. The summed E-state index contributed by atoms with van der Waals surface area (Å²) in [6.07, 6.45) is 9.48. The maximum absolute atomic E-state index is 5.74. The van der Waals surface area contributed by atoms with E-state index in [4.69, 9.17) is 5.73 Å². The van der Waals surface area contributed by atoms with Crippen molar-refractivity contribution >= 4 is 0 Å². The van der Waals surface area contributed by atoms with Crippen LogP contribution in [0.1, 0.15) is 45.4 Å². The smallest absolute Gasteiger partial charge is 0.0299 e. The van der Waals surface area contributed by atoms with E-state index in [0.717, 1.165) is 6.42 Å². The maximum Gasteiger partial charge on any atom is 0.0299 e. The molecule has 0 heterocycles. The highest BCUT2D eigenvalue weighted by Gasteiger charge is 1.95. The fraction of sp³-hybridized carbons (Fsp3) is 0.727. The topological polar surface area (TPSA) is 26.0 Å². The third-order valence-electron chi connectivity index (χ3n) is 1.97. The monoisotopic (exact) mass is 167 g/mol. The highest BCUT2D eigenvalue weighted by Crippen LogP contribution is 2.06. The fourth-order valence-electron chi connectivity index (χ4n) is 1.22. The molecule has 0 aliphatic carbocycles. The molecule has 1 atom stereocenters. The quantitative estimate of drug-likeness (QED) is 0.458. The summed E-state index contributed by atoms with van der Waals surface area (Å²) in [5, 5.41) is 0. The van der Waals surface area contributed by atoms with Gasteiger partial charge >= 0.3 is 0 Å². The number of nitrogens with two attached hydrogens (primary N) is 1. The summed E-state index contributed by atoms with van der Waals surface area (Å²) >= 11 is 0. The number of rotatable bonds is 7. The summed E-state index contributed by atoms with van der Waals surface area (Å²) in [4.78, 5) is 0. The van der Waals surface area contributed by atoms with Crippen molar-refractivity contribution in [1.82, 2.24) is 0 Å². The second-order valence-electron chi connectivity index (χ2n) is 3.24. The van der Waals surface area contributed by atoms with Gasteiger partial charge in [-0.05, 0) is 12.5 Å². The van der Waals surface area contributed by atoms with Gasteiger partial charge in [0.05, 0.1) is 0 Å². The number of hydrogen-bond acceptors (Lipinski definition) is 1. The highest BCUT2D eigenvalue weighted by molar-refractivity contribution is 4.87. The van der Waals surface area contributed by atoms with Gasteiger partial charge in [-0.25, -0.2) is 0 Å². The van der Waals surface area contributed by atoms with Crippen LogP contribution < -0.4 is 5.73 Å². The van der Waals surface area contributed by atoms with Crippen LogP contribution in [0.3, 0.4) is 0 Å². The van der Waals surface area contributed by atoms with Crippen LogP contribution in [-0.2, 0) is 0 Å². The molecule has 0 aromatic heterocycles. The molecule has 0 aliphatic heterocycles. The lowest BCUT2D eigenvalue weighted by molar-refractivity contribution is 0.583. The third-order valence-corrected chi connectivity index (χ3v) is 1.97. The highest BCUT2D eigenvalue weighted by atomic mass is 14.6. The van der Waals surface area contributed by atoms with E-state index in [1.165, 1.54) is 32.1 Å². The minimum Gasteiger partial charge on any atom is -0.324 e. The van der Waals surface area contributed by atoms with E-state index >= 15 is 0 Å². The minimum atomic E-state index is 0.170. The maximum atomic E-state index is 5.74. The molecule has 0 bridgehead atoms. The Morgan fingerprint density at radius 2 is 2.00 bits per heavy atom. The van der Waals surface area contributed by atoms with Gasteiger partial charge in [-0.3, -0.25) is 0 Å². The zero-order valence-electron chi connectivity index (χ0n) is 8.18. The molecule has 1 unspecified atom stereocenters. The zero-order chi connectivity index (χ0) is 9.23. The van der Waals surface area contributed by atoms with Gasteiger partial charge in [0.2, 0.25) is 0 Å². The van der Waals surface area contributed by atoms with Crippen molar-refractivity contribution in [2.75, 3.05) is 0 Å². The van der Waals surface area contributed by atoms with E-state index in [2.05, 4.69) is 19.2 Å². The first-order valence-corrected chi connectivity index (χ1v) is 4.92. The van der Waals surface area contributed by atoms with E-state index in [1.54, 1.807) is 0 Å². The molecule has 0 aromatic carbocycles. The summed E-state index contributed by atoms with van der Waals surface area (Å²) in [5.41, 5.74) is 8.46. The number of hydrogen-bond donors (Lipinski definition) is 1. The van der Waals surface area contributed by atoms with E-state index in [-0.39, 0.29) is 6.04 Å². The normalized spacial score (nSPS) is 12.2. The first kappa shape index (κ1) is 11.5. The average Bonchev–Trinajstić information content (AvgIpc) is 2.05. The summed E-state index contributed by atoms with van der Waals surface area (Å²) in [7, 11) is 0. The summed E-state index contributed by atoms with van der Waals surface area (Å²) < 4.78 is 0. The molecule has 70 valence electrons. The van der Waals surface area contributed by atoms with Crippen LogP contribution in [0.4, 0.5) is 0 Å². The number of unbranched alkanes of at least 4 members (excludes halogenated alkanes) is 4. The Morgan fingerprint density at radius 3 is 2.58 bits per heavy atom. The molecular weight excluding hydrogens is 146 g/mol. The molecule has 0 saturated carbocycles. The van der Waals surface area contributed by atoms with Crippen LogP contribution in [0.2, 0.25) is 0 Å². The Morgan fingerprint density at radius 1 is 1.33 bits per heavy atom. The molecule has 0 saturated heterocycles. The second kappa shape index (κ2) is 8.58. The molecule has 0 fully saturated rings. The lowest BCUT2D eigenvalue weighted by atomic mass is 10.1. The average molecular weight is 167 g/mol. The van der Waals surface area contributed by atoms with Crippen LogP contribution in [0.25, 0.3) is 0 Å². The Hall–Kier alpha value is -0.520. The second-order valence-corrected chi connectivity index (χ2v) is 3.24. The van der Waals surface area contributed by atoms with Crippen LogP contribution in [-0.4, -0.2) is 6.04 Å². The van der Waals surface area contributed by atoms with Gasteiger partial charge in [0.1, 0.15) is 0 Å². The molecule has 0 radical (unpaired) electrons. The molecule has 2 N–H and O–H groups in total. The van der Waals surface area contributed by atoms with Crippen LogP contribution in [0, 0.1) is 0 Å². The molecule has 0 spiro atoms. The lowest BCUT2D eigenvalue weighted by Gasteiger charge is -2.04. The molecule has 0 rings (SSSR count). The fourth-order valence-corrected chi connectivity index (χ4v) is 1.22. The predicted molar refractivity (Wildman–Crippen MR) is 55.1 cm³/mol.